The average Bonchev–Trinajstić information content (AvgIpc) is 3.15. The average molecular weight is 395 g/mol. The molecule has 0 saturated carbocycles. The summed E-state index contributed by atoms with van der Waals surface area (Å²) in [6.45, 7) is 1.89. The van der Waals surface area contributed by atoms with E-state index >= 15 is 0 Å². The van der Waals surface area contributed by atoms with Crippen molar-refractivity contribution in [2.45, 2.75) is 19.9 Å². The van der Waals surface area contributed by atoms with Crippen LogP contribution in [0.5, 0.6) is 0 Å². The molecule has 0 radical (unpaired) electrons. The molecule has 2 aromatic heterocycles. The first-order valence-corrected chi connectivity index (χ1v) is 9.07. The highest BCUT2D eigenvalue weighted by atomic mass is 35.5. The molecule has 0 aliphatic carbocycles. The van der Waals surface area contributed by atoms with Gasteiger partial charge in [0.2, 0.25) is 5.91 Å². The zero-order valence-corrected chi connectivity index (χ0v) is 15.7. The standard InChI is InChI=1S/C18H16ClFN2O3S/c1-3-11-7-14-16(26-11)8-15(18(24)25-2)22(14)9-17(23)21-13-5-4-10(19)6-12(13)20/h4-8H,3,9H2,1-2H3,(H,21,23). The van der Waals surface area contributed by atoms with Crippen molar-refractivity contribution >= 4 is 50.7 Å². The number of anilines is 1. The van der Waals surface area contributed by atoms with Crippen molar-refractivity contribution in [3.05, 3.63) is 51.7 Å². The van der Waals surface area contributed by atoms with Crippen molar-refractivity contribution in [2.24, 2.45) is 0 Å². The highest BCUT2D eigenvalue weighted by Crippen LogP contribution is 2.30. The van der Waals surface area contributed by atoms with Crippen LogP contribution in [-0.2, 0) is 22.5 Å². The number of amides is 1. The quantitative estimate of drug-likeness (QED) is 0.649. The summed E-state index contributed by atoms with van der Waals surface area (Å²) in [6.07, 6.45) is 0.856. The second-order valence-electron chi connectivity index (χ2n) is 5.60. The Morgan fingerprint density at radius 1 is 1.31 bits per heavy atom. The lowest BCUT2D eigenvalue weighted by Gasteiger charge is -2.10. The highest BCUT2D eigenvalue weighted by Gasteiger charge is 2.20. The molecular weight excluding hydrogens is 379 g/mol. The molecule has 0 atom stereocenters. The van der Waals surface area contributed by atoms with Crippen LogP contribution in [0.3, 0.4) is 0 Å². The van der Waals surface area contributed by atoms with Crippen LogP contribution in [0.2, 0.25) is 5.02 Å². The van der Waals surface area contributed by atoms with E-state index in [1.165, 1.54) is 19.2 Å². The van der Waals surface area contributed by atoms with Crippen molar-refractivity contribution in [3.8, 4) is 0 Å². The second-order valence-corrected chi connectivity index (χ2v) is 7.20. The number of halogens is 2. The third kappa shape index (κ3) is 3.59. The van der Waals surface area contributed by atoms with E-state index in [0.717, 1.165) is 27.6 Å². The first kappa shape index (κ1) is 18.4. The van der Waals surface area contributed by atoms with E-state index in [1.54, 1.807) is 22.0 Å². The Kier molecular flexibility index (Phi) is 5.29. The molecule has 136 valence electrons. The summed E-state index contributed by atoms with van der Waals surface area (Å²) in [5.41, 5.74) is 1.09. The zero-order chi connectivity index (χ0) is 18.8. The molecule has 0 unspecified atom stereocenters. The van der Waals surface area contributed by atoms with Gasteiger partial charge in [-0.3, -0.25) is 4.79 Å². The Hall–Kier alpha value is -2.38. The Morgan fingerprint density at radius 3 is 2.73 bits per heavy atom. The molecule has 0 spiro atoms. The van der Waals surface area contributed by atoms with Crippen molar-refractivity contribution in [1.82, 2.24) is 4.57 Å². The number of thiophene rings is 1. The van der Waals surface area contributed by atoms with Gasteiger partial charge in [-0.2, -0.15) is 0 Å². The van der Waals surface area contributed by atoms with Gasteiger partial charge in [-0.15, -0.1) is 11.3 Å². The summed E-state index contributed by atoms with van der Waals surface area (Å²) in [7, 11) is 1.29. The van der Waals surface area contributed by atoms with Crippen LogP contribution in [0.15, 0.2) is 30.3 Å². The fourth-order valence-corrected chi connectivity index (χ4v) is 3.84. The van der Waals surface area contributed by atoms with Gasteiger partial charge in [0.05, 0.1) is 23.0 Å². The highest BCUT2D eigenvalue weighted by molar-refractivity contribution is 7.19. The topological polar surface area (TPSA) is 60.3 Å². The number of nitrogens with one attached hydrogen (secondary N) is 1. The number of carbonyl (C=O) groups excluding carboxylic acids is 2. The molecule has 8 heteroatoms. The van der Waals surface area contributed by atoms with Gasteiger partial charge in [-0.25, -0.2) is 9.18 Å². The second kappa shape index (κ2) is 7.47. The smallest absolute Gasteiger partial charge is 0.354 e. The number of aryl methyl sites for hydroxylation is 1. The Morgan fingerprint density at radius 2 is 2.08 bits per heavy atom. The summed E-state index contributed by atoms with van der Waals surface area (Å²) in [6, 6.07) is 7.66. The minimum atomic E-state index is -0.625. The van der Waals surface area contributed by atoms with E-state index in [4.69, 9.17) is 16.3 Å². The lowest BCUT2D eigenvalue weighted by Crippen LogP contribution is -2.22. The summed E-state index contributed by atoms with van der Waals surface area (Å²) in [5, 5.41) is 2.74. The molecule has 2 heterocycles. The number of rotatable bonds is 5. The summed E-state index contributed by atoms with van der Waals surface area (Å²) < 4.78 is 21.2. The van der Waals surface area contributed by atoms with Crippen LogP contribution in [0, 0.1) is 5.82 Å². The zero-order valence-electron chi connectivity index (χ0n) is 14.1. The Bertz CT molecular complexity index is 996. The normalized spacial score (nSPS) is 10.9. The molecule has 3 rings (SSSR count). The van der Waals surface area contributed by atoms with Crippen molar-refractivity contribution in [1.29, 1.82) is 0 Å². The van der Waals surface area contributed by atoms with Crippen LogP contribution in [0.4, 0.5) is 10.1 Å². The number of carbonyl (C=O) groups is 2. The number of hydrogen-bond acceptors (Lipinski definition) is 4. The van der Waals surface area contributed by atoms with Crippen LogP contribution in [0.25, 0.3) is 10.2 Å². The first-order valence-electron chi connectivity index (χ1n) is 7.88. The van der Waals surface area contributed by atoms with Gasteiger partial charge in [0.1, 0.15) is 18.1 Å². The van der Waals surface area contributed by atoms with Gasteiger partial charge in [0.15, 0.2) is 0 Å². The molecule has 3 aromatic rings. The minimum Gasteiger partial charge on any atom is -0.464 e. The number of ether oxygens (including phenoxy) is 1. The summed E-state index contributed by atoms with van der Waals surface area (Å²) in [5.74, 6) is -1.62. The van der Waals surface area contributed by atoms with Gasteiger partial charge in [-0.1, -0.05) is 18.5 Å². The number of methoxy groups -OCH3 is 1. The van der Waals surface area contributed by atoms with Crippen molar-refractivity contribution in [3.63, 3.8) is 0 Å². The fraction of sp³-hybridized carbons (Fsp3) is 0.222. The van der Waals surface area contributed by atoms with E-state index in [-0.39, 0.29) is 22.9 Å². The Labute approximate surface area is 158 Å². The summed E-state index contributed by atoms with van der Waals surface area (Å²) >= 11 is 7.27. The van der Waals surface area contributed by atoms with Gasteiger partial charge >= 0.3 is 5.97 Å². The van der Waals surface area contributed by atoms with E-state index in [9.17, 15) is 14.0 Å². The maximum Gasteiger partial charge on any atom is 0.354 e. The molecule has 1 aromatic carbocycles. The maximum atomic E-state index is 13.9. The largest absolute Gasteiger partial charge is 0.464 e. The number of hydrogen-bond donors (Lipinski definition) is 1. The van der Waals surface area contributed by atoms with Gasteiger partial charge < -0.3 is 14.6 Å². The SMILES string of the molecule is CCc1cc2c(cc(C(=O)OC)n2CC(=O)Nc2ccc(Cl)cc2F)s1. The third-order valence-corrected chi connectivity index (χ3v) is 5.34. The van der Waals surface area contributed by atoms with E-state index in [2.05, 4.69) is 5.32 Å². The molecule has 0 aliphatic rings. The molecular formula is C18H16ClFN2O3S. The van der Waals surface area contributed by atoms with Crippen LogP contribution >= 0.6 is 22.9 Å². The van der Waals surface area contributed by atoms with E-state index in [1.807, 2.05) is 13.0 Å². The van der Waals surface area contributed by atoms with Crippen molar-refractivity contribution in [2.75, 3.05) is 12.4 Å². The lowest BCUT2D eigenvalue weighted by atomic mass is 10.3. The number of nitrogens with zero attached hydrogens (tertiary/aromatic N) is 1. The van der Waals surface area contributed by atoms with E-state index < -0.39 is 17.7 Å². The van der Waals surface area contributed by atoms with Crippen LogP contribution < -0.4 is 5.32 Å². The molecule has 0 aliphatic heterocycles. The number of fused-ring (bicyclic) bond motifs is 1. The van der Waals surface area contributed by atoms with Crippen LogP contribution in [-0.4, -0.2) is 23.6 Å². The fourth-order valence-electron chi connectivity index (χ4n) is 2.64. The molecule has 5 nitrogen and oxygen atoms in total. The van der Waals surface area contributed by atoms with Crippen LogP contribution in [0.1, 0.15) is 22.3 Å². The number of esters is 1. The Balaban J connectivity index is 1.91. The summed E-state index contributed by atoms with van der Waals surface area (Å²) in [4.78, 5) is 25.6. The van der Waals surface area contributed by atoms with Crippen molar-refractivity contribution < 1.29 is 18.7 Å². The molecule has 0 saturated heterocycles. The van der Waals surface area contributed by atoms with E-state index in [0.29, 0.717) is 0 Å². The maximum absolute atomic E-state index is 13.9. The predicted molar refractivity (Wildman–Crippen MR) is 101 cm³/mol. The number of aromatic nitrogens is 1. The molecule has 0 fully saturated rings. The molecule has 1 amide bonds. The number of benzene rings is 1. The molecule has 1 N–H and O–H groups in total. The van der Waals surface area contributed by atoms with Gasteiger partial charge in [-0.05, 0) is 36.8 Å². The lowest BCUT2D eigenvalue weighted by molar-refractivity contribution is -0.116. The predicted octanol–water partition coefficient (Wildman–Crippen LogP) is 4.48. The van der Waals surface area contributed by atoms with Gasteiger partial charge in [0, 0.05) is 9.90 Å². The first-order chi connectivity index (χ1) is 12.4. The third-order valence-electron chi connectivity index (χ3n) is 3.89. The monoisotopic (exact) mass is 394 g/mol. The molecule has 26 heavy (non-hydrogen) atoms. The minimum absolute atomic E-state index is 0.0296. The molecule has 0 bridgehead atoms. The van der Waals surface area contributed by atoms with Gasteiger partial charge in [0.25, 0.3) is 0 Å².